The quantitative estimate of drug-likeness (QED) is 0.250. The fraction of sp³-hybridized carbons (Fsp3) is 0.100. The highest BCUT2D eigenvalue weighted by Crippen LogP contribution is 2.30. The molecule has 0 aliphatic carbocycles. The normalized spacial score (nSPS) is 14.8. The molecule has 6 nitrogen and oxygen atoms in total. The van der Waals surface area contributed by atoms with Crippen LogP contribution in [0.2, 0.25) is 5.02 Å². The molecule has 5 rings (SSSR count). The average Bonchev–Trinajstić information content (AvgIpc) is 2.88. The van der Waals surface area contributed by atoms with Gasteiger partial charge >= 0.3 is 6.03 Å². The molecule has 1 aliphatic heterocycles. The van der Waals surface area contributed by atoms with Crippen molar-refractivity contribution in [1.82, 2.24) is 5.32 Å². The molecule has 4 aromatic rings. The number of aryl methyl sites for hydroxylation is 2. The van der Waals surface area contributed by atoms with Crippen LogP contribution in [0, 0.1) is 13.8 Å². The van der Waals surface area contributed by atoms with Gasteiger partial charge in [0.15, 0.2) is 0 Å². The Balaban J connectivity index is 1.39. The molecule has 0 saturated carbocycles. The van der Waals surface area contributed by atoms with Crippen LogP contribution in [0.4, 0.5) is 10.5 Å². The van der Waals surface area contributed by atoms with E-state index in [4.69, 9.17) is 16.3 Å². The highest BCUT2D eigenvalue weighted by molar-refractivity contribution is 6.39. The van der Waals surface area contributed by atoms with Gasteiger partial charge in [0, 0.05) is 0 Å². The van der Waals surface area contributed by atoms with Crippen molar-refractivity contribution in [3.63, 3.8) is 0 Å². The maximum absolute atomic E-state index is 13.3. The zero-order chi connectivity index (χ0) is 26.1. The van der Waals surface area contributed by atoms with Crippen molar-refractivity contribution in [1.29, 1.82) is 0 Å². The predicted molar refractivity (Wildman–Crippen MR) is 145 cm³/mol. The molecule has 1 N–H and O–H groups in total. The molecule has 4 aromatic carbocycles. The number of nitrogens with zero attached hydrogens (tertiary/aromatic N) is 1. The summed E-state index contributed by atoms with van der Waals surface area (Å²) in [6, 6.07) is 23.8. The number of barbiturate groups is 1. The van der Waals surface area contributed by atoms with Crippen LogP contribution in [-0.2, 0) is 16.2 Å². The standard InChI is InChI=1S/C30H23ClN2O4/c1-18-10-11-19(2)26(14-18)33-29(35)24(28(34)32-30(33)36)15-20-12-13-27(25(31)16-20)37-17-22-8-5-7-21-6-3-4-9-23(21)22/h3-16H,17H2,1-2H3,(H,32,34,36)/b24-15+. The zero-order valence-electron chi connectivity index (χ0n) is 20.2. The third kappa shape index (κ3) is 4.84. The molecule has 1 heterocycles. The third-order valence-corrected chi connectivity index (χ3v) is 6.53. The van der Waals surface area contributed by atoms with Crippen molar-refractivity contribution < 1.29 is 19.1 Å². The predicted octanol–water partition coefficient (Wildman–Crippen LogP) is 6.36. The zero-order valence-corrected chi connectivity index (χ0v) is 21.0. The summed E-state index contributed by atoms with van der Waals surface area (Å²) in [4.78, 5) is 39.4. The van der Waals surface area contributed by atoms with Gasteiger partial charge in [-0.15, -0.1) is 0 Å². The number of anilines is 1. The first-order valence-corrected chi connectivity index (χ1v) is 12.1. The Labute approximate surface area is 219 Å². The molecule has 1 aliphatic rings. The lowest BCUT2D eigenvalue weighted by atomic mass is 10.0. The van der Waals surface area contributed by atoms with Crippen molar-refractivity contribution in [2.75, 3.05) is 4.90 Å². The molecule has 0 bridgehead atoms. The number of amides is 4. The molecule has 1 saturated heterocycles. The summed E-state index contributed by atoms with van der Waals surface area (Å²) in [6.07, 6.45) is 1.42. The number of ether oxygens (including phenoxy) is 1. The Morgan fingerprint density at radius 1 is 0.919 bits per heavy atom. The molecule has 184 valence electrons. The van der Waals surface area contributed by atoms with Gasteiger partial charge in [-0.25, -0.2) is 9.69 Å². The monoisotopic (exact) mass is 510 g/mol. The maximum atomic E-state index is 13.3. The van der Waals surface area contributed by atoms with E-state index in [1.165, 1.54) is 6.08 Å². The number of carbonyl (C=O) groups excluding carboxylic acids is 3. The lowest BCUT2D eigenvalue weighted by molar-refractivity contribution is -0.122. The van der Waals surface area contributed by atoms with E-state index >= 15 is 0 Å². The first kappa shape index (κ1) is 24.3. The van der Waals surface area contributed by atoms with Crippen molar-refractivity contribution >= 4 is 52.0 Å². The Morgan fingerprint density at radius 3 is 2.51 bits per heavy atom. The van der Waals surface area contributed by atoms with Crippen molar-refractivity contribution in [2.45, 2.75) is 20.5 Å². The number of hydrogen-bond acceptors (Lipinski definition) is 4. The Bertz CT molecular complexity index is 1600. The number of benzene rings is 4. The second-order valence-corrected chi connectivity index (χ2v) is 9.27. The van der Waals surface area contributed by atoms with E-state index in [0.29, 0.717) is 28.6 Å². The Hall–Kier alpha value is -4.42. The molecule has 7 heteroatoms. The van der Waals surface area contributed by atoms with E-state index in [1.54, 1.807) is 31.2 Å². The lowest BCUT2D eigenvalue weighted by Gasteiger charge is -2.27. The first-order valence-electron chi connectivity index (χ1n) is 11.7. The fourth-order valence-corrected chi connectivity index (χ4v) is 4.54. The van der Waals surface area contributed by atoms with Gasteiger partial charge in [0.1, 0.15) is 17.9 Å². The number of hydrogen-bond donors (Lipinski definition) is 1. The van der Waals surface area contributed by atoms with E-state index in [1.807, 2.05) is 61.5 Å². The highest BCUT2D eigenvalue weighted by atomic mass is 35.5. The average molecular weight is 511 g/mol. The molecule has 0 spiro atoms. The van der Waals surface area contributed by atoms with Gasteiger partial charge in [-0.3, -0.25) is 14.9 Å². The number of halogens is 1. The molecule has 1 fully saturated rings. The van der Waals surface area contributed by atoms with Crippen LogP contribution >= 0.6 is 11.6 Å². The molecule has 4 amide bonds. The molecule has 0 unspecified atom stereocenters. The van der Waals surface area contributed by atoms with Gasteiger partial charge in [-0.2, -0.15) is 0 Å². The van der Waals surface area contributed by atoms with Crippen LogP contribution in [0.5, 0.6) is 5.75 Å². The minimum absolute atomic E-state index is 0.166. The lowest BCUT2D eigenvalue weighted by Crippen LogP contribution is -2.54. The van der Waals surface area contributed by atoms with Crippen molar-refractivity contribution in [2.24, 2.45) is 0 Å². The van der Waals surface area contributed by atoms with E-state index in [9.17, 15) is 14.4 Å². The molecular weight excluding hydrogens is 488 g/mol. The molecule has 37 heavy (non-hydrogen) atoms. The summed E-state index contributed by atoms with van der Waals surface area (Å²) < 4.78 is 5.98. The number of imide groups is 2. The molecule has 0 aromatic heterocycles. The third-order valence-electron chi connectivity index (χ3n) is 6.24. The number of nitrogens with one attached hydrogen (secondary N) is 1. The van der Waals surface area contributed by atoms with Crippen LogP contribution in [0.25, 0.3) is 16.8 Å². The highest BCUT2D eigenvalue weighted by Gasteiger charge is 2.37. The number of carbonyl (C=O) groups is 3. The summed E-state index contributed by atoms with van der Waals surface area (Å²) in [6.45, 7) is 3.99. The molecule has 0 atom stereocenters. The minimum atomic E-state index is -0.781. The van der Waals surface area contributed by atoms with E-state index in [2.05, 4.69) is 5.32 Å². The van der Waals surface area contributed by atoms with Crippen LogP contribution in [0.3, 0.4) is 0 Å². The van der Waals surface area contributed by atoms with E-state index in [0.717, 1.165) is 32.4 Å². The van der Waals surface area contributed by atoms with Crippen molar-refractivity contribution in [3.05, 3.63) is 112 Å². The largest absolute Gasteiger partial charge is 0.487 e. The summed E-state index contributed by atoms with van der Waals surface area (Å²) in [5.41, 5.74) is 3.43. The summed E-state index contributed by atoms with van der Waals surface area (Å²) in [5.74, 6) is -0.984. The van der Waals surface area contributed by atoms with E-state index in [-0.39, 0.29) is 5.57 Å². The Morgan fingerprint density at radius 2 is 1.70 bits per heavy atom. The Kier molecular flexibility index (Phi) is 6.51. The SMILES string of the molecule is Cc1ccc(C)c(N2C(=O)NC(=O)/C(=C\c3ccc(OCc4cccc5ccccc45)c(Cl)c3)C2=O)c1. The summed E-state index contributed by atoms with van der Waals surface area (Å²) in [5, 5.41) is 4.82. The van der Waals surface area contributed by atoms with Gasteiger partial charge < -0.3 is 4.74 Å². The fourth-order valence-electron chi connectivity index (χ4n) is 4.30. The smallest absolute Gasteiger partial charge is 0.335 e. The first-order chi connectivity index (χ1) is 17.8. The van der Waals surface area contributed by atoms with Gasteiger partial charge in [-0.05, 0) is 71.1 Å². The summed E-state index contributed by atoms with van der Waals surface area (Å²) in [7, 11) is 0. The van der Waals surface area contributed by atoms with E-state index < -0.39 is 17.8 Å². The van der Waals surface area contributed by atoms with Crippen LogP contribution in [0.1, 0.15) is 22.3 Å². The molecular formula is C30H23ClN2O4. The maximum Gasteiger partial charge on any atom is 0.335 e. The van der Waals surface area contributed by atoms with Gasteiger partial charge in [-0.1, -0.05) is 72.3 Å². The van der Waals surface area contributed by atoms with Gasteiger partial charge in [0.25, 0.3) is 11.8 Å². The summed E-state index contributed by atoms with van der Waals surface area (Å²) >= 11 is 6.49. The van der Waals surface area contributed by atoms with Crippen molar-refractivity contribution in [3.8, 4) is 5.75 Å². The second kappa shape index (κ2) is 9.91. The number of fused-ring (bicyclic) bond motifs is 1. The number of rotatable bonds is 5. The van der Waals surface area contributed by atoms with Crippen LogP contribution in [0.15, 0.2) is 84.4 Å². The van der Waals surface area contributed by atoms with Gasteiger partial charge in [0.05, 0.1) is 10.7 Å². The second-order valence-electron chi connectivity index (χ2n) is 8.86. The van der Waals surface area contributed by atoms with Crippen LogP contribution in [-0.4, -0.2) is 17.8 Å². The van der Waals surface area contributed by atoms with Gasteiger partial charge in [0.2, 0.25) is 0 Å². The van der Waals surface area contributed by atoms with Crippen LogP contribution < -0.4 is 15.0 Å². The molecule has 0 radical (unpaired) electrons. The number of urea groups is 1. The minimum Gasteiger partial charge on any atom is -0.487 e. The topological polar surface area (TPSA) is 75.7 Å².